The van der Waals surface area contributed by atoms with Gasteiger partial charge in [0.05, 0.1) is 6.61 Å². The van der Waals surface area contributed by atoms with E-state index in [1.807, 2.05) is 19.1 Å². The van der Waals surface area contributed by atoms with E-state index in [4.69, 9.17) is 15.6 Å². The Kier molecular flexibility index (Phi) is 6.76. The molecule has 0 amide bonds. The lowest BCUT2D eigenvalue weighted by molar-refractivity contribution is 0.272. The minimum atomic E-state index is -0.00464. The van der Waals surface area contributed by atoms with Crippen LogP contribution in [0.2, 0.25) is 0 Å². The molecule has 1 atom stereocenters. The van der Waals surface area contributed by atoms with Crippen LogP contribution in [0.25, 0.3) is 0 Å². The zero-order chi connectivity index (χ0) is 13.4. The summed E-state index contributed by atoms with van der Waals surface area (Å²) in [4.78, 5) is 0. The van der Waals surface area contributed by atoms with Crippen molar-refractivity contribution in [2.45, 2.75) is 45.6 Å². The van der Waals surface area contributed by atoms with E-state index in [1.54, 1.807) is 0 Å². The lowest BCUT2D eigenvalue weighted by Gasteiger charge is -2.14. The van der Waals surface area contributed by atoms with Crippen LogP contribution < -0.4 is 10.5 Å². The second kappa shape index (κ2) is 8.11. The number of aryl methyl sites for hydroxylation is 1. The quantitative estimate of drug-likeness (QED) is 0.698. The molecule has 0 radical (unpaired) electrons. The van der Waals surface area contributed by atoms with Crippen LogP contribution in [-0.4, -0.2) is 18.3 Å². The van der Waals surface area contributed by atoms with Crippen molar-refractivity contribution < 1.29 is 9.84 Å². The van der Waals surface area contributed by atoms with Crippen LogP contribution in [0.5, 0.6) is 5.75 Å². The van der Waals surface area contributed by atoms with E-state index in [0.29, 0.717) is 6.61 Å². The van der Waals surface area contributed by atoms with E-state index in [2.05, 4.69) is 13.0 Å². The maximum absolute atomic E-state index is 8.68. The summed E-state index contributed by atoms with van der Waals surface area (Å²) in [5.74, 6) is 0.909. The molecule has 0 saturated carbocycles. The molecule has 1 rings (SSSR count). The summed E-state index contributed by atoms with van der Waals surface area (Å²) in [6.45, 7) is 5.03. The third kappa shape index (κ3) is 5.07. The highest BCUT2D eigenvalue weighted by Crippen LogP contribution is 2.25. The van der Waals surface area contributed by atoms with Crippen molar-refractivity contribution in [2.75, 3.05) is 13.2 Å². The third-order valence-corrected chi connectivity index (χ3v) is 2.97. The van der Waals surface area contributed by atoms with Gasteiger partial charge in [0.25, 0.3) is 0 Å². The molecule has 3 nitrogen and oxygen atoms in total. The highest BCUT2D eigenvalue weighted by molar-refractivity contribution is 5.38. The number of aliphatic hydroxyl groups excluding tert-OH is 1. The molecule has 1 aromatic carbocycles. The highest BCUT2D eigenvalue weighted by atomic mass is 16.5. The molecule has 18 heavy (non-hydrogen) atoms. The van der Waals surface area contributed by atoms with Gasteiger partial charge in [0, 0.05) is 18.2 Å². The number of nitrogens with two attached hydrogens (primary N) is 1. The zero-order valence-corrected chi connectivity index (χ0v) is 11.5. The van der Waals surface area contributed by atoms with Crippen molar-refractivity contribution in [3.63, 3.8) is 0 Å². The largest absolute Gasteiger partial charge is 0.493 e. The van der Waals surface area contributed by atoms with E-state index in [1.165, 1.54) is 5.56 Å². The molecule has 0 fully saturated rings. The Hall–Kier alpha value is -1.06. The van der Waals surface area contributed by atoms with Crippen LogP contribution in [0.3, 0.4) is 0 Å². The number of hydrogen-bond acceptors (Lipinski definition) is 3. The fraction of sp³-hybridized carbons (Fsp3) is 0.600. The van der Waals surface area contributed by atoms with Gasteiger partial charge in [-0.1, -0.05) is 18.6 Å². The van der Waals surface area contributed by atoms with Crippen molar-refractivity contribution in [1.29, 1.82) is 0 Å². The third-order valence-electron chi connectivity index (χ3n) is 2.97. The number of unbranched alkanes of at least 4 members (excludes halogenated alkanes) is 3. The van der Waals surface area contributed by atoms with Crippen LogP contribution in [0.15, 0.2) is 18.2 Å². The molecule has 3 heteroatoms. The van der Waals surface area contributed by atoms with Gasteiger partial charge in [-0.3, -0.25) is 0 Å². The Labute approximate surface area is 110 Å². The summed E-state index contributed by atoms with van der Waals surface area (Å²) in [6.07, 6.45) is 4.07. The minimum absolute atomic E-state index is 0.00464. The van der Waals surface area contributed by atoms with E-state index in [9.17, 15) is 0 Å². The molecule has 0 aliphatic carbocycles. The summed E-state index contributed by atoms with van der Waals surface area (Å²) in [5, 5.41) is 8.68. The van der Waals surface area contributed by atoms with Gasteiger partial charge in [0.1, 0.15) is 5.75 Å². The molecular formula is C15H25NO2. The van der Waals surface area contributed by atoms with Crippen LogP contribution >= 0.6 is 0 Å². The molecule has 1 unspecified atom stereocenters. The molecule has 3 N–H and O–H groups in total. The molecule has 1 aromatic rings. The fourth-order valence-electron chi connectivity index (χ4n) is 1.89. The normalized spacial score (nSPS) is 12.4. The van der Waals surface area contributed by atoms with Crippen LogP contribution in [0.1, 0.15) is 49.8 Å². The van der Waals surface area contributed by atoms with Crippen LogP contribution in [0.4, 0.5) is 0 Å². The van der Waals surface area contributed by atoms with Crippen molar-refractivity contribution in [3.8, 4) is 5.75 Å². The summed E-state index contributed by atoms with van der Waals surface area (Å²) < 4.78 is 5.82. The Balaban J connectivity index is 2.43. The Morgan fingerprint density at radius 1 is 1.22 bits per heavy atom. The van der Waals surface area contributed by atoms with Gasteiger partial charge in [-0.15, -0.1) is 0 Å². The molecular weight excluding hydrogens is 226 g/mol. The van der Waals surface area contributed by atoms with Gasteiger partial charge in [-0.05, 0) is 44.7 Å². The summed E-state index contributed by atoms with van der Waals surface area (Å²) in [6, 6.07) is 6.15. The second-order valence-electron chi connectivity index (χ2n) is 4.82. The highest BCUT2D eigenvalue weighted by Gasteiger charge is 2.07. The van der Waals surface area contributed by atoms with E-state index in [-0.39, 0.29) is 12.6 Å². The van der Waals surface area contributed by atoms with Crippen molar-refractivity contribution >= 4 is 0 Å². The van der Waals surface area contributed by atoms with E-state index >= 15 is 0 Å². The Morgan fingerprint density at radius 2 is 1.94 bits per heavy atom. The first-order valence-corrected chi connectivity index (χ1v) is 6.75. The number of hydrogen-bond donors (Lipinski definition) is 2. The van der Waals surface area contributed by atoms with Gasteiger partial charge in [-0.25, -0.2) is 0 Å². The first-order chi connectivity index (χ1) is 8.65. The molecule has 0 aliphatic rings. The number of rotatable bonds is 8. The molecule has 0 aromatic heterocycles. The average Bonchev–Trinajstić information content (AvgIpc) is 2.33. The Bertz CT molecular complexity index is 350. The monoisotopic (exact) mass is 251 g/mol. The van der Waals surface area contributed by atoms with Gasteiger partial charge >= 0.3 is 0 Å². The fourth-order valence-corrected chi connectivity index (χ4v) is 1.89. The smallest absolute Gasteiger partial charge is 0.124 e. The van der Waals surface area contributed by atoms with Crippen molar-refractivity contribution in [1.82, 2.24) is 0 Å². The van der Waals surface area contributed by atoms with Crippen molar-refractivity contribution in [3.05, 3.63) is 29.3 Å². The molecule has 0 aliphatic heterocycles. The lowest BCUT2D eigenvalue weighted by Crippen LogP contribution is -2.09. The molecule has 0 saturated heterocycles. The van der Waals surface area contributed by atoms with Gasteiger partial charge in [-0.2, -0.15) is 0 Å². The minimum Gasteiger partial charge on any atom is -0.493 e. The maximum atomic E-state index is 8.68. The van der Waals surface area contributed by atoms with E-state index in [0.717, 1.165) is 37.0 Å². The summed E-state index contributed by atoms with van der Waals surface area (Å²) in [5.41, 5.74) is 8.18. The molecule has 0 heterocycles. The lowest BCUT2D eigenvalue weighted by atomic mass is 10.1. The van der Waals surface area contributed by atoms with Gasteiger partial charge in [0.15, 0.2) is 0 Å². The van der Waals surface area contributed by atoms with Gasteiger partial charge in [0.2, 0.25) is 0 Å². The zero-order valence-electron chi connectivity index (χ0n) is 11.5. The standard InChI is InChI=1S/C15H25NO2/c1-12-7-8-14(13(2)16)15(11-12)18-10-6-4-3-5-9-17/h7-8,11,13,17H,3-6,9-10,16H2,1-2H3. The SMILES string of the molecule is Cc1ccc(C(C)N)c(OCCCCCCO)c1. The summed E-state index contributed by atoms with van der Waals surface area (Å²) in [7, 11) is 0. The van der Waals surface area contributed by atoms with Gasteiger partial charge < -0.3 is 15.6 Å². The average molecular weight is 251 g/mol. The number of aliphatic hydroxyl groups is 1. The predicted octanol–water partition coefficient (Wildman–Crippen LogP) is 2.95. The second-order valence-corrected chi connectivity index (χ2v) is 4.82. The topological polar surface area (TPSA) is 55.5 Å². The van der Waals surface area contributed by atoms with Crippen molar-refractivity contribution in [2.24, 2.45) is 5.73 Å². The predicted molar refractivity (Wildman–Crippen MR) is 74.8 cm³/mol. The molecule has 0 bridgehead atoms. The van der Waals surface area contributed by atoms with E-state index < -0.39 is 0 Å². The molecule has 102 valence electrons. The first-order valence-electron chi connectivity index (χ1n) is 6.75. The summed E-state index contributed by atoms with van der Waals surface area (Å²) >= 11 is 0. The maximum Gasteiger partial charge on any atom is 0.124 e. The van der Waals surface area contributed by atoms with Crippen LogP contribution in [-0.2, 0) is 0 Å². The first kappa shape index (κ1) is 15.0. The molecule has 0 spiro atoms. The number of benzene rings is 1. The Morgan fingerprint density at radius 3 is 2.61 bits per heavy atom. The number of ether oxygens (including phenoxy) is 1. The van der Waals surface area contributed by atoms with Crippen LogP contribution in [0, 0.1) is 6.92 Å².